The van der Waals surface area contributed by atoms with Gasteiger partial charge < -0.3 is 15.2 Å². The second-order valence-corrected chi connectivity index (χ2v) is 7.18. The van der Waals surface area contributed by atoms with E-state index in [1.807, 2.05) is 0 Å². The standard InChI is InChI=1S/C20H20F3NO4/c1-20(2,3)28-19(27)24-16(18(25)26)8-11-4-6-12(7-5-11)17-14(22)9-13(21)10-15(17)23/h4-7,9-10,16H,8H2,1-3H3,(H,24,27)(H,25,26)/t16-/m0/s1. The summed E-state index contributed by atoms with van der Waals surface area (Å²) in [4.78, 5) is 23.2. The molecule has 2 rings (SSSR count). The summed E-state index contributed by atoms with van der Waals surface area (Å²) in [5, 5.41) is 11.6. The molecule has 8 heteroatoms. The quantitative estimate of drug-likeness (QED) is 0.792. The highest BCUT2D eigenvalue weighted by Gasteiger charge is 2.24. The van der Waals surface area contributed by atoms with Gasteiger partial charge in [0.15, 0.2) is 0 Å². The van der Waals surface area contributed by atoms with E-state index < -0.39 is 41.2 Å². The molecule has 28 heavy (non-hydrogen) atoms. The van der Waals surface area contributed by atoms with Crippen LogP contribution in [0.15, 0.2) is 36.4 Å². The number of rotatable bonds is 5. The fourth-order valence-corrected chi connectivity index (χ4v) is 2.51. The summed E-state index contributed by atoms with van der Waals surface area (Å²) in [5.74, 6) is -4.36. The number of benzene rings is 2. The maximum atomic E-state index is 13.9. The zero-order valence-corrected chi connectivity index (χ0v) is 15.6. The van der Waals surface area contributed by atoms with Crippen LogP contribution in [0.3, 0.4) is 0 Å². The monoisotopic (exact) mass is 395 g/mol. The van der Waals surface area contributed by atoms with Crippen LogP contribution in [0.5, 0.6) is 0 Å². The van der Waals surface area contributed by atoms with E-state index in [2.05, 4.69) is 5.32 Å². The topological polar surface area (TPSA) is 75.6 Å². The molecule has 0 unspecified atom stereocenters. The number of halogens is 3. The van der Waals surface area contributed by atoms with E-state index in [9.17, 15) is 27.9 Å². The van der Waals surface area contributed by atoms with E-state index >= 15 is 0 Å². The summed E-state index contributed by atoms with van der Waals surface area (Å²) in [6.07, 6.45) is -0.935. The SMILES string of the molecule is CC(C)(C)OC(=O)N[C@@H](Cc1ccc(-c2c(F)cc(F)cc2F)cc1)C(=O)O. The average molecular weight is 395 g/mol. The highest BCUT2D eigenvalue weighted by Crippen LogP contribution is 2.27. The molecule has 0 bridgehead atoms. The van der Waals surface area contributed by atoms with Gasteiger partial charge in [0.25, 0.3) is 0 Å². The van der Waals surface area contributed by atoms with E-state index in [0.717, 1.165) is 0 Å². The van der Waals surface area contributed by atoms with Gasteiger partial charge in [-0.25, -0.2) is 22.8 Å². The van der Waals surface area contributed by atoms with Crippen molar-refractivity contribution in [1.82, 2.24) is 5.32 Å². The Bertz CT molecular complexity index is 853. The first-order chi connectivity index (χ1) is 13.0. The molecule has 1 amide bonds. The second-order valence-electron chi connectivity index (χ2n) is 7.18. The maximum absolute atomic E-state index is 13.9. The largest absolute Gasteiger partial charge is 0.480 e. The van der Waals surface area contributed by atoms with Crippen LogP contribution in [0.25, 0.3) is 11.1 Å². The summed E-state index contributed by atoms with van der Waals surface area (Å²) in [5.41, 5.74) is -0.478. The van der Waals surface area contributed by atoms with E-state index in [1.165, 1.54) is 24.3 Å². The van der Waals surface area contributed by atoms with Crippen LogP contribution in [0.2, 0.25) is 0 Å². The van der Waals surface area contributed by atoms with E-state index in [1.54, 1.807) is 20.8 Å². The molecule has 2 aromatic rings. The van der Waals surface area contributed by atoms with E-state index in [4.69, 9.17) is 4.74 Å². The van der Waals surface area contributed by atoms with Gasteiger partial charge in [-0.3, -0.25) is 0 Å². The van der Waals surface area contributed by atoms with Crippen LogP contribution < -0.4 is 5.32 Å². The summed E-state index contributed by atoms with van der Waals surface area (Å²) in [7, 11) is 0. The zero-order valence-electron chi connectivity index (χ0n) is 15.6. The molecule has 0 saturated heterocycles. The Morgan fingerprint density at radius 2 is 1.61 bits per heavy atom. The lowest BCUT2D eigenvalue weighted by molar-refractivity contribution is -0.139. The number of alkyl carbamates (subject to hydrolysis) is 1. The van der Waals surface area contributed by atoms with Crippen molar-refractivity contribution in [1.29, 1.82) is 0 Å². The summed E-state index contributed by atoms with van der Waals surface area (Å²) in [6.45, 7) is 4.94. The molecule has 0 saturated carbocycles. The Morgan fingerprint density at radius 3 is 2.07 bits per heavy atom. The number of carboxylic acids is 1. The smallest absolute Gasteiger partial charge is 0.408 e. The van der Waals surface area contributed by atoms with Crippen molar-refractivity contribution in [2.24, 2.45) is 0 Å². The number of carbonyl (C=O) groups is 2. The Kier molecular flexibility index (Phi) is 6.33. The fraction of sp³-hybridized carbons (Fsp3) is 0.300. The lowest BCUT2D eigenvalue weighted by Crippen LogP contribution is -2.44. The first-order valence-corrected chi connectivity index (χ1v) is 8.42. The molecular weight excluding hydrogens is 375 g/mol. The van der Waals surface area contributed by atoms with Crippen LogP contribution in [-0.4, -0.2) is 28.8 Å². The third-order valence-corrected chi connectivity index (χ3v) is 3.68. The molecule has 2 N–H and O–H groups in total. The molecule has 0 spiro atoms. The molecule has 150 valence electrons. The number of carbonyl (C=O) groups excluding carboxylic acids is 1. The molecule has 0 heterocycles. The number of ether oxygens (including phenoxy) is 1. The van der Waals surface area contributed by atoms with Gasteiger partial charge in [0.05, 0.1) is 5.56 Å². The first kappa shape index (κ1) is 21.3. The average Bonchev–Trinajstić information content (AvgIpc) is 2.53. The van der Waals surface area contributed by atoms with Crippen LogP contribution in [-0.2, 0) is 16.0 Å². The molecule has 0 aliphatic rings. The highest BCUT2D eigenvalue weighted by molar-refractivity contribution is 5.80. The maximum Gasteiger partial charge on any atom is 0.408 e. The third kappa shape index (κ3) is 5.73. The summed E-state index contributed by atoms with van der Waals surface area (Å²) >= 11 is 0. The van der Waals surface area contributed by atoms with Gasteiger partial charge >= 0.3 is 12.1 Å². The van der Waals surface area contributed by atoms with Crippen molar-refractivity contribution in [3.8, 4) is 11.1 Å². The predicted octanol–water partition coefficient (Wildman–Crippen LogP) is 4.29. The van der Waals surface area contributed by atoms with E-state index in [0.29, 0.717) is 17.7 Å². The lowest BCUT2D eigenvalue weighted by Gasteiger charge is -2.22. The van der Waals surface area contributed by atoms with Crippen molar-refractivity contribution >= 4 is 12.1 Å². The van der Waals surface area contributed by atoms with Crippen molar-refractivity contribution in [3.05, 3.63) is 59.4 Å². The van der Waals surface area contributed by atoms with Gasteiger partial charge in [-0.2, -0.15) is 0 Å². The minimum atomic E-state index is -1.26. The van der Waals surface area contributed by atoms with Gasteiger partial charge in [-0.05, 0) is 31.9 Å². The lowest BCUT2D eigenvalue weighted by atomic mass is 10.00. The number of hydrogen-bond donors (Lipinski definition) is 2. The normalized spacial score (nSPS) is 12.4. The molecule has 0 fully saturated rings. The van der Waals surface area contributed by atoms with Gasteiger partial charge in [0, 0.05) is 18.6 Å². The molecular formula is C20H20F3NO4. The van der Waals surface area contributed by atoms with Crippen LogP contribution >= 0.6 is 0 Å². The third-order valence-electron chi connectivity index (χ3n) is 3.68. The van der Waals surface area contributed by atoms with Crippen LogP contribution in [0.4, 0.5) is 18.0 Å². The predicted molar refractivity (Wildman–Crippen MR) is 96.2 cm³/mol. The number of aliphatic carboxylic acids is 1. The molecule has 0 aliphatic heterocycles. The molecule has 0 aliphatic carbocycles. The van der Waals surface area contributed by atoms with Gasteiger partial charge in [-0.1, -0.05) is 24.3 Å². The Labute approximate surface area is 160 Å². The number of carboxylic acid groups (broad SMARTS) is 1. The van der Waals surface area contributed by atoms with Crippen LogP contribution in [0.1, 0.15) is 26.3 Å². The van der Waals surface area contributed by atoms with E-state index in [-0.39, 0.29) is 17.5 Å². The number of amides is 1. The van der Waals surface area contributed by atoms with Crippen molar-refractivity contribution in [2.75, 3.05) is 0 Å². The van der Waals surface area contributed by atoms with Crippen molar-refractivity contribution in [3.63, 3.8) is 0 Å². The second kappa shape index (κ2) is 8.33. The number of nitrogens with one attached hydrogen (secondary N) is 1. The molecule has 0 aromatic heterocycles. The summed E-state index contributed by atoms with van der Waals surface area (Å²) < 4.78 is 45.8. The molecule has 0 radical (unpaired) electrons. The summed E-state index contributed by atoms with van der Waals surface area (Å²) in [6, 6.07) is 5.64. The van der Waals surface area contributed by atoms with Crippen molar-refractivity contribution in [2.45, 2.75) is 38.8 Å². The molecule has 5 nitrogen and oxygen atoms in total. The first-order valence-electron chi connectivity index (χ1n) is 8.42. The zero-order chi connectivity index (χ0) is 21.1. The van der Waals surface area contributed by atoms with Gasteiger partial charge in [0.2, 0.25) is 0 Å². The fourth-order valence-electron chi connectivity index (χ4n) is 2.51. The Balaban J connectivity index is 2.16. The molecule has 2 aromatic carbocycles. The Morgan fingerprint density at radius 1 is 1.07 bits per heavy atom. The van der Waals surface area contributed by atoms with Crippen LogP contribution in [0, 0.1) is 17.5 Å². The van der Waals surface area contributed by atoms with Gasteiger partial charge in [0.1, 0.15) is 29.1 Å². The van der Waals surface area contributed by atoms with Crippen molar-refractivity contribution < 1.29 is 32.6 Å². The highest BCUT2D eigenvalue weighted by atomic mass is 19.1. The Hall–Kier alpha value is -3.03. The minimum Gasteiger partial charge on any atom is -0.480 e. The number of hydrogen-bond acceptors (Lipinski definition) is 3. The van der Waals surface area contributed by atoms with Gasteiger partial charge in [-0.15, -0.1) is 0 Å². The minimum absolute atomic E-state index is 0.0662. The molecule has 1 atom stereocenters.